The number of hydrazine groups is 1. The zero-order chi connectivity index (χ0) is 9.68. The Bertz CT molecular complexity index is 311. The number of hydrogen-bond donors (Lipinski definition) is 3. The largest absolute Gasteiger partial charge is 0.369 e. The molecule has 4 nitrogen and oxygen atoms in total. The SMILES string of the molecule is CSc1ccccc1N=C(N)NN. The van der Waals surface area contributed by atoms with E-state index in [1.807, 2.05) is 30.5 Å². The number of hydrogen-bond acceptors (Lipinski definition) is 3. The van der Waals surface area contributed by atoms with E-state index in [2.05, 4.69) is 10.4 Å². The van der Waals surface area contributed by atoms with Gasteiger partial charge in [0.05, 0.1) is 5.69 Å². The Balaban J connectivity index is 2.99. The summed E-state index contributed by atoms with van der Waals surface area (Å²) in [7, 11) is 0. The van der Waals surface area contributed by atoms with Gasteiger partial charge in [-0.1, -0.05) is 12.1 Å². The van der Waals surface area contributed by atoms with Crippen LogP contribution in [0.25, 0.3) is 0 Å². The molecule has 70 valence electrons. The van der Waals surface area contributed by atoms with Crippen LogP contribution in [0.2, 0.25) is 0 Å². The molecule has 1 aromatic carbocycles. The summed E-state index contributed by atoms with van der Waals surface area (Å²) < 4.78 is 0. The number of aliphatic imine (C=N–C) groups is 1. The smallest absolute Gasteiger partial charge is 0.208 e. The molecular formula is C8H12N4S. The van der Waals surface area contributed by atoms with Crippen molar-refractivity contribution in [1.29, 1.82) is 0 Å². The summed E-state index contributed by atoms with van der Waals surface area (Å²) in [5.74, 6) is 5.31. The van der Waals surface area contributed by atoms with Gasteiger partial charge in [0.15, 0.2) is 0 Å². The van der Waals surface area contributed by atoms with Gasteiger partial charge in [-0.3, -0.25) is 5.43 Å². The highest BCUT2D eigenvalue weighted by atomic mass is 32.2. The summed E-state index contributed by atoms with van der Waals surface area (Å²) in [6.07, 6.45) is 1.99. The molecule has 1 aromatic rings. The lowest BCUT2D eigenvalue weighted by molar-refractivity contribution is 1.01. The second-order valence-corrected chi connectivity index (χ2v) is 3.16. The fourth-order valence-electron chi connectivity index (χ4n) is 0.884. The molecule has 5 N–H and O–H groups in total. The lowest BCUT2D eigenvalue weighted by Crippen LogP contribution is -2.36. The first-order valence-corrected chi connectivity index (χ1v) is 4.94. The minimum Gasteiger partial charge on any atom is -0.369 e. The highest BCUT2D eigenvalue weighted by molar-refractivity contribution is 7.98. The molecule has 0 spiro atoms. The third-order valence-corrected chi connectivity index (χ3v) is 2.26. The number of thioether (sulfide) groups is 1. The van der Waals surface area contributed by atoms with E-state index in [4.69, 9.17) is 11.6 Å². The predicted octanol–water partition coefficient (Wildman–Crippen LogP) is 0.818. The molecular weight excluding hydrogens is 184 g/mol. The van der Waals surface area contributed by atoms with E-state index in [0.29, 0.717) is 0 Å². The molecule has 0 aliphatic heterocycles. The minimum atomic E-state index is 0.210. The summed E-state index contributed by atoms with van der Waals surface area (Å²) in [5, 5.41) is 0. The third kappa shape index (κ3) is 2.64. The maximum atomic E-state index is 5.43. The molecule has 0 aromatic heterocycles. The van der Waals surface area contributed by atoms with Gasteiger partial charge in [0.25, 0.3) is 0 Å². The molecule has 0 radical (unpaired) electrons. The average Bonchev–Trinajstić information content (AvgIpc) is 2.18. The summed E-state index contributed by atoms with van der Waals surface area (Å²) in [4.78, 5) is 5.16. The molecule has 5 heteroatoms. The summed E-state index contributed by atoms with van der Waals surface area (Å²) >= 11 is 1.62. The van der Waals surface area contributed by atoms with Crippen molar-refractivity contribution in [3.8, 4) is 0 Å². The zero-order valence-electron chi connectivity index (χ0n) is 7.32. The highest BCUT2D eigenvalue weighted by Gasteiger charge is 1.98. The van der Waals surface area contributed by atoms with Gasteiger partial charge in [0, 0.05) is 4.90 Å². The second-order valence-electron chi connectivity index (χ2n) is 2.31. The topological polar surface area (TPSA) is 76.4 Å². The number of para-hydroxylation sites is 1. The van der Waals surface area contributed by atoms with Crippen LogP contribution in [0, 0.1) is 0 Å². The molecule has 0 saturated heterocycles. The van der Waals surface area contributed by atoms with Crippen LogP contribution in [0.3, 0.4) is 0 Å². The van der Waals surface area contributed by atoms with Crippen molar-refractivity contribution in [3.05, 3.63) is 24.3 Å². The van der Waals surface area contributed by atoms with Crippen molar-refractivity contribution >= 4 is 23.4 Å². The Hall–Kier alpha value is -1.20. The average molecular weight is 196 g/mol. The summed E-state index contributed by atoms with van der Waals surface area (Å²) in [6.45, 7) is 0. The van der Waals surface area contributed by atoms with Crippen LogP contribution in [0.4, 0.5) is 5.69 Å². The van der Waals surface area contributed by atoms with Gasteiger partial charge < -0.3 is 5.73 Å². The van der Waals surface area contributed by atoms with Gasteiger partial charge in [-0.05, 0) is 18.4 Å². The Labute approximate surface area is 81.4 Å². The van der Waals surface area contributed by atoms with Crippen LogP contribution < -0.4 is 17.0 Å². The third-order valence-electron chi connectivity index (χ3n) is 1.47. The number of benzene rings is 1. The lowest BCUT2D eigenvalue weighted by Gasteiger charge is -2.02. The quantitative estimate of drug-likeness (QED) is 0.215. The van der Waals surface area contributed by atoms with Crippen LogP contribution in [0.15, 0.2) is 34.2 Å². The summed E-state index contributed by atoms with van der Waals surface area (Å²) in [5.41, 5.74) is 8.54. The molecule has 0 unspecified atom stereocenters. The number of nitrogens with two attached hydrogens (primary N) is 2. The number of nitrogens with one attached hydrogen (secondary N) is 1. The molecule has 0 fully saturated rings. The molecule has 0 bridgehead atoms. The van der Waals surface area contributed by atoms with Gasteiger partial charge >= 0.3 is 0 Å². The molecule has 0 amide bonds. The minimum absolute atomic E-state index is 0.210. The molecule has 0 aliphatic carbocycles. The molecule has 0 heterocycles. The van der Waals surface area contributed by atoms with Crippen molar-refractivity contribution < 1.29 is 0 Å². The van der Waals surface area contributed by atoms with Gasteiger partial charge in [0.1, 0.15) is 0 Å². The first-order valence-electron chi connectivity index (χ1n) is 3.71. The molecule has 0 aliphatic rings. The van der Waals surface area contributed by atoms with Crippen molar-refractivity contribution in [1.82, 2.24) is 5.43 Å². The van der Waals surface area contributed by atoms with Crippen molar-refractivity contribution in [2.24, 2.45) is 16.6 Å². The van der Waals surface area contributed by atoms with E-state index in [1.54, 1.807) is 11.8 Å². The fourth-order valence-corrected chi connectivity index (χ4v) is 1.42. The fraction of sp³-hybridized carbons (Fsp3) is 0.125. The monoisotopic (exact) mass is 196 g/mol. The van der Waals surface area contributed by atoms with E-state index < -0.39 is 0 Å². The number of nitrogens with zero attached hydrogens (tertiary/aromatic N) is 1. The Morgan fingerprint density at radius 2 is 2.15 bits per heavy atom. The van der Waals surface area contributed by atoms with Gasteiger partial charge in [0.2, 0.25) is 5.96 Å². The van der Waals surface area contributed by atoms with Gasteiger partial charge in [-0.15, -0.1) is 11.8 Å². The van der Waals surface area contributed by atoms with E-state index in [-0.39, 0.29) is 5.96 Å². The Morgan fingerprint density at radius 1 is 1.46 bits per heavy atom. The van der Waals surface area contributed by atoms with E-state index in [9.17, 15) is 0 Å². The Morgan fingerprint density at radius 3 is 2.77 bits per heavy atom. The zero-order valence-corrected chi connectivity index (χ0v) is 8.14. The first-order chi connectivity index (χ1) is 6.27. The van der Waals surface area contributed by atoms with Crippen LogP contribution in [-0.2, 0) is 0 Å². The molecule has 0 atom stereocenters. The van der Waals surface area contributed by atoms with Gasteiger partial charge in [-0.2, -0.15) is 0 Å². The van der Waals surface area contributed by atoms with Crippen LogP contribution in [-0.4, -0.2) is 12.2 Å². The lowest BCUT2D eigenvalue weighted by atomic mass is 10.3. The maximum absolute atomic E-state index is 5.43. The highest BCUT2D eigenvalue weighted by Crippen LogP contribution is 2.26. The Kier molecular flexibility index (Phi) is 3.60. The van der Waals surface area contributed by atoms with E-state index in [0.717, 1.165) is 10.6 Å². The van der Waals surface area contributed by atoms with Crippen LogP contribution >= 0.6 is 11.8 Å². The van der Waals surface area contributed by atoms with Gasteiger partial charge in [-0.25, -0.2) is 10.8 Å². The molecule has 0 saturated carbocycles. The maximum Gasteiger partial charge on any atom is 0.208 e. The molecule has 13 heavy (non-hydrogen) atoms. The first kappa shape index (κ1) is 9.88. The number of rotatable bonds is 2. The standard InChI is InChI=1S/C8H12N4S/c1-13-7-5-3-2-4-6(7)11-8(9)12-10/h2-5H,10H2,1H3,(H3,9,11,12). The van der Waals surface area contributed by atoms with Crippen molar-refractivity contribution in [3.63, 3.8) is 0 Å². The van der Waals surface area contributed by atoms with Crippen LogP contribution in [0.5, 0.6) is 0 Å². The van der Waals surface area contributed by atoms with E-state index in [1.165, 1.54) is 0 Å². The summed E-state index contributed by atoms with van der Waals surface area (Å²) in [6, 6.07) is 7.72. The normalized spacial score (nSPS) is 11.4. The van der Waals surface area contributed by atoms with E-state index >= 15 is 0 Å². The second kappa shape index (κ2) is 4.74. The van der Waals surface area contributed by atoms with Crippen molar-refractivity contribution in [2.45, 2.75) is 4.90 Å². The molecule has 1 rings (SSSR count). The van der Waals surface area contributed by atoms with Crippen LogP contribution in [0.1, 0.15) is 0 Å². The van der Waals surface area contributed by atoms with Crippen molar-refractivity contribution in [2.75, 3.05) is 6.26 Å². The predicted molar refractivity (Wildman–Crippen MR) is 56.8 cm³/mol. The number of guanidine groups is 1.